The second-order valence-corrected chi connectivity index (χ2v) is 22.9. The molecule has 364 valence electrons. The van der Waals surface area contributed by atoms with Gasteiger partial charge in [0.2, 0.25) is 0 Å². The lowest BCUT2D eigenvalue weighted by molar-refractivity contribution is -0.387. The summed E-state index contributed by atoms with van der Waals surface area (Å²) >= 11 is 0. The average molecular weight is 911 g/mol. The summed E-state index contributed by atoms with van der Waals surface area (Å²) in [4.78, 5) is 26.2. The fraction of sp³-hybridized carbons (Fsp3) is 0.915. The number of rotatable bonds is 8. The van der Waals surface area contributed by atoms with Crippen molar-refractivity contribution in [2.45, 2.75) is 205 Å². The third kappa shape index (κ3) is 7.40. The van der Waals surface area contributed by atoms with Gasteiger partial charge in [0.15, 0.2) is 25.0 Å². The van der Waals surface area contributed by atoms with Gasteiger partial charge in [-0.3, -0.25) is 4.79 Å². The molecule has 4 saturated carbocycles. The van der Waals surface area contributed by atoms with Gasteiger partial charge in [-0.15, -0.1) is 0 Å². The number of carboxylic acid groups (broad SMARTS) is 1. The van der Waals surface area contributed by atoms with Crippen molar-refractivity contribution in [1.82, 2.24) is 0 Å². The summed E-state index contributed by atoms with van der Waals surface area (Å²) < 4.78 is 36.0. The zero-order chi connectivity index (χ0) is 46.9. The number of hydrogen-bond acceptors (Lipinski definition) is 16. The largest absolute Gasteiger partial charge is 0.479 e. The highest BCUT2D eigenvalue weighted by atomic mass is 16.8. The van der Waals surface area contributed by atoms with E-state index >= 15 is 0 Å². The Kier molecular flexibility index (Phi) is 12.8. The average Bonchev–Trinajstić information content (AvgIpc) is 3.22. The van der Waals surface area contributed by atoms with Gasteiger partial charge in [0, 0.05) is 17.3 Å². The molecule has 0 aromatic carbocycles. The number of carbonyl (C=O) groups excluding carboxylic acids is 1. The molecule has 0 spiro atoms. The minimum atomic E-state index is -2.02. The number of carboxylic acids is 1. The van der Waals surface area contributed by atoms with Crippen molar-refractivity contribution in [3.05, 3.63) is 11.6 Å². The van der Waals surface area contributed by atoms with Crippen LogP contribution in [-0.4, -0.2) is 163 Å². The SMILES string of the molecule is C[C@@H]1O[C@@H](O[C@H]2[C@H](O[C@H]3[C@H](O[C@H]4CC[C@@]5(C)[C@@H](CC[C@]6(C)[C@@H]5CC=C5[C@@H]7CC(C)(C)CC(=O)[C@]7(C)CC[C@]56C)[C@@]4(C)CO)O[C@H](C(=O)O)[C@@H](O)[C@@H]3O)OC[C@H](O)[C@@H]2O)[C@H](O)[C@H](O)[C@H]1O. The molecule has 5 aliphatic carbocycles. The number of carbonyl (C=O) groups is 2. The summed E-state index contributed by atoms with van der Waals surface area (Å²) in [6, 6.07) is 0. The number of ketones is 1. The van der Waals surface area contributed by atoms with E-state index in [1.165, 1.54) is 12.5 Å². The van der Waals surface area contributed by atoms with Crippen molar-refractivity contribution in [1.29, 1.82) is 0 Å². The van der Waals surface area contributed by atoms with Crippen molar-refractivity contribution in [3.8, 4) is 0 Å². The molecule has 9 N–H and O–H groups in total. The van der Waals surface area contributed by atoms with E-state index in [-0.39, 0.29) is 51.4 Å². The second kappa shape index (κ2) is 16.8. The van der Waals surface area contributed by atoms with Crippen LogP contribution < -0.4 is 0 Å². The molecule has 3 aliphatic heterocycles. The Balaban J connectivity index is 1.06. The van der Waals surface area contributed by atoms with Crippen molar-refractivity contribution < 1.29 is 84.0 Å². The first-order chi connectivity index (χ1) is 29.8. The Bertz CT molecular complexity index is 1810. The monoisotopic (exact) mass is 910 g/mol. The van der Waals surface area contributed by atoms with Gasteiger partial charge in [-0.2, -0.15) is 0 Å². The third-order valence-electron chi connectivity index (χ3n) is 18.8. The smallest absolute Gasteiger partial charge is 0.335 e. The van der Waals surface area contributed by atoms with E-state index in [1.54, 1.807) is 0 Å². The number of ether oxygens (including phenoxy) is 6. The fourth-order valence-electron chi connectivity index (χ4n) is 14.6. The van der Waals surface area contributed by atoms with Crippen molar-refractivity contribution in [3.63, 3.8) is 0 Å². The van der Waals surface area contributed by atoms with E-state index in [0.717, 1.165) is 38.5 Å². The van der Waals surface area contributed by atoms with E-state index in [0.29, 0.717) is 25.0 Å². The molecule has 3 saturated heterocycles. The normalized spacial score (nSPS) is 55.0. The van der Waals surface area contributed by atoms with Crippen LogP contribution in [0.3, 0.4) is 0 Å². The fourth-order valence-corrected chi connectivity index (χ4v) is 14.6. The lowest BCUT2D eigenvalue weighted by atomic mass is 9.33. The molecular weight excluding hydrogens is 837 g/mol. The Morgan fingerprint density at radius 2 is 1.42 bits per heavy atom. The first-order valence-electron chi connectivity index (χ1n) is 23.5. The lowest BCUT2D eigenvalue weighted by Crippen LogP contribution is -2.68. The van der Waals surface area contributed by atoms with Crippen LogP contribution in [0, 0.1) is 50.2 Å². The van der Waals surface area contributed by atoms with E-state index in [4.69, 9.17) is 28.4 Å². The molecule has 0 aromatic heterocycles. The van der Waals surface area contributed by atoms with Crippen LogP contribution in [0.1, 0.15) is 113 Å². The van der Waals surface area contributed by atoms with Gasteiger partial charge < -0.3 is 74.4 Å². The van der Waals surface area contributed by atoms with Crippen molar-refractivity contribution in [2.24, 2.45) is 50.2 Å². The van der Waals surface area contributed by atoms with Crippen LogP contribution in [0.2, 0.25) is 0 Å². The molecule has 0 amide bonds. The van der Waals surface area contributed by atoms with E-state index in [2.05, 4.69) is 47.6 Å². The molecule has 17 nitrogen and oxygen atoms in total. The van der Waals surface area contributed by atoms with Gasteiger partial charge in [-0.1, -0.05) is 60.1 Å². The van der Waals surface area contributed by atoms with Crippen LogP contribution >= 0.6 is 0 Å². The predicted octanol–water partition coefficient (Wildman–Crippen LogP) is 1.55. The summed E-state index contributed by atoms with van der Waals surface area (Å²) in [6.07, 6.45) is -14.8. The molecule has 0 bridgehead atoms. The Morgan fingerprint density at radius 3 is 2.09 bits per heavy atom. The van der Waals surface area contributed by atoms with Gasteiger partial charge in [-0.25, -0.2) is 4.79 Å². The Labute approximate surface area is 375 Å². The number of aliphatic hydroxyl groups is 8. The van der Waals surface area contributed by atoms with E-state index < -0.39 is 110 Å². The van der Waals surface area contributed by atoms with Crippen LogP contribution in [0.5, 0.6) is 0 Å². The molecule has 64 heavy (non-hydrogen) atoms. The summed E-state index contributed by atoms with van der Waals surface area (Å²) in [5, 5.41) is 97.2. The molecule has 0 unspecified atom stereocenters. The van der Waals surface area contributed by atoms with E-state index in [1.807, 2.05) is 6.92 Å². The van der Waals surface area contributed by atoms with Gasteiger partial charge in [-0.05, 0) is 97.7 Å². The molecule has 8 aliphatic rings. The van der Waals surface area contributed by atoms with Crippen LogP contribution in [0.4, 0.5) is 0 Å². The Morgan fingerprint density at radius 1 is 0.750 bits per heavy atom. The maximum atomic E-state index is 13.8. The molecule has 8 rings (SSSR count). The van der Waals surface area contributed by atoms with Gasteiger partial charge in [0.1, 0.15) is 60.7 Å². The van der Waals surface area contributed by atoms with Crippen LogP contribution in [0.25, 0.3) is 0 Å². The molecule has 3 heterocycles. The minimum Gasteiger partial charge on any atom is -0.479 e. The van der Waals surface area contributed by atoms with Crippen LogP contribution in [0.15, 0.2) is 11.6 Å². The number of aliphatic carboxylic acids is 1. The minimum absolute atomic E-state index is 0.0626. The number of allylic oxidation sites excluding steroid dienone is 2. The van der Waals surface area contributed by atoms with Crippen molar-refractivity contribution in [2.75, 3.05) is 13.2 Å². The molecule has 7 fully saturated rings. The molecule has 17 heteroatoms. The lowest BCUT2D eigenvalue weighted by Gasteiger charge is -2.71. The zero-order valence-corrected chi connectivity index (χ0v) is 38.5. The maximum Gasteiger partial charge on any atom is 0.335 e. The first kappa shape index (κ1) is 48.8. The molecule has 23 atom stereocenters. The topological polar surface area (TPSA) is 272 Å². The summed E-state index contributed by atoms with van der Waals surface area (Å²) in [5.74, 6) is -0.816. The van der Waals surface area contributed by atoms with Crippen molar-refractivity contribution >= 4 is 11.8 Å². The highest BCUT2D eigenvalue weighted by Gasteiger charge is 2.70. The Hall–Kier alpha value is -1.68. The number of hydrogen-bond donors (Lipinski definition) is 9. The second-order valence-electron chi connectivity index (χ2n) is 22.9. The number of Topliss-reactive ketones (excluding diaryl/α,β-unsaturated/α-hetero) is 1. The highest BCUT2D eigenvalue weighted by molar-refractivity contribution is 5.87. The summed E-state index contributed by atoms with van der Waals surface area (Å²) in [7, 11) is 0. The third-order valence-corrected chi connectivity index (χ3v) is 18.8. The molecule has 0 radical (unpaired) electrons. The quantitative estimate of drug-likeness (QED) is 0.124. The molecule has 0 aromatic rings. The van der Waals surface area contributed by atoms with Gasteiger partial charge in [0.25, 0.3) is 0 Å². The summed E-state index contributed by atoms with van der Waals surface area (Å²) in [5.41, 5.74) is -0.362. The molecular formula is C47H74O17. The van der Waals surface area contributed by atoms with E-state index in [9.17, 15) is 55.5 Å². The number of aliphatic hydroxyl groups excluding tert-OH is 8. The predicted molar refractivity (Wildman–Crippen MR) is 224 cm³/mol. The highest BCUT2D eigenvalue weighted by Crippen LogP contribution is 2.75. The van der Waals surface area contributed by atoms with Crippen LogP contribution in [-0.2, 0) is 38.0 Å². The maximum absolute atomic E-state index is 13.8. The zero-order valence-electron chi connectivity index (χ0n) is 38.5. The van der Waals surface area contributed by atoms with Gasteiger partial charge >= 0.3 is 5.97 Å². The van der Waals surface area contributed by atoms with Gasteiger partial charge in [0.05, 0.1) is 25.4 Å². The standard InChI is InChI=1S/C47H74O17/c1-21-29(51)31(53)34(56)39(60-21)63-36-30(52)24(49)19-59-40(36)64-37-33(55)32(54)35(38(57)58)62-41(37)61-28-12-13-44(5)25(45(28,6)20-48)11-14-47(8)26(44)10-9-22-23-17-42(2,3)18-27(50)43(23,4)15-16-46(22,47)7/h9,21,23-26,28-37,39-41,48-49,51-56H,10-20H2,1-8H3,(H,57,58)/t21-,23-,24-,25+,26+,28-,29-,30-,31+,32-,33-,34+,35-,36+,37+,39-,40-,41+,43+,44-,45+,46+,47+/m0/s1. The first-order valence-corrected chi connectivity index (χ1v) is 23.5. The summed E-state index contributed by atoms with van der Waals surface area (Å²) in [6.45, 7) is 16.5. The number of fused-ring (bicyclic) bond motifs is 7.